The number of nitrogens with one attached hydrogen (secondary N) is 3. The fraction of sp³-hybridized carbons (Fsp3) is 0.286. The van der Waals surface area contributed by atoms with Gasteiger partial charge in [0.1, 0.15) is 23.7 Å². The van der Waals surface area contributed by atoms with Crippen molar-refractivity contribution in [2.45, 2.75) is 38.9 Å². The van der Waals surface area contributed by atoms with Crippen molar-refractivity contribution in [2.75, 3.05) is 31.5 Å². The van der Waals surface area contributed by atoms with Crippen LogP contribution in [0.15, 0.2) is 72.8 Å². The predicted octanol–water partition coefficient (Wildman–Crippen LogP) is 6.65. The van der Waals surface area contributed by atoms with Crippen LogP contribution >= 0.6 is 0 Å². The summed E-state index contributed by atoms with van der Waals surface area (Å²) in [7, 11) is 0. The molecule has 6 rings (SSSR count). The summed E-state index contributed by atoms with van der Waals surface area (Å²) in [4.78, 5) is 13.6. The van der Waals surface area contributed by atoms with E-state index in [-0.39, 0.29) is 18.1 Å². The molecule has 2 atom stereocenters. The fourth-order valence-corrected chi connectivity index (χ4v) is 5.72. The van der Waals surface area contributed by atoms with Crippen molar-refractivity contribution in [1.82, 2.24) is 10.6 Å². The van der Waals surface area contributed by atoms with E-state index in [4.69, 9.17) is 9.47 Å². The fourth-order valence-electron chi connectivity index (χ4n) is 5.72. The van der Waals surface area contributed by atoms with Gasteiger partial charge in [0.25, 0.3) is 5.91 Å². The summed E-state index contributed by atoms with van der Waals surface area (Å²) < 4.78 is 40.6. The highest BCUT2D eigenvalue weighted by Gasteiger charge is 2.22. The van der Waals surface area contributed by atoms with Gasteiger partial charge in [0, 0.05) is 35.5 Å². The number of anilines is 1. The van der Waals surface area contributed by atoms with Crippen molar-refractivity contribution >= 4 is 11.6 Å². The molecule has 3 N–H and O–H groups in total. The number of halogens is 2. The quantitative estimate of drug-likeness (QED) is 0.217. The van der Waals surface area contributed by atoms with Crippen LogP contribution in [0.3, 0.4) is 0 Å². The molecule has 4 aromatic carbocycles. The average molecular weight is 584 g/mol. The van der Waals surface area contributed by atoms with E-state index in [0.29, 0.717) is 34.7 Å². The zero-order chi connectivity index (χ0) is 29.9. The van der Waals surface area contributed by atoms with Gasteiger partial charge >= 0.3 is 0 Å². The Labute approximate surface area is 250 Å². The van der Waals surface area contributed by atoms with Crippen molar-refractivity contribution in [3.8, 4) is 33.8 Å². The molecule has 0 aliphatic carbocycles. The number of rotatable bonds is 8. The maximum atomic E-state index is 14.2. The van der Waals surface area contributed by atoms with Crippen molar-refractivity contribution in [3.05, 3.63) is 101 Å². The Morgan fingerprint density at radius 2 is 1.44 bits per heavy atom. The standard InChI is InChI=1S/C35H35F2N3O3/c1-21-3-7-28(22(2)15-21)30-18-25(6-10-34(30)43-27-12-14-39-20-27)40-35(41)24-5-9-33(42-26-11-13-38-19-26)29(16-24)23-4-8-31(36)32(37)17-23/h3-10,15-18,26-27,38-39H,11-14,19-20H2,1-2H3,(H,40,41)/t26-,27-/m0/s1. The van der Waals surface area contributed by atoms with Gasteiger partial charge in [-0.3, -0.25) is 4.79 Å². The maximum Gasteiger partial charge on any atom is 0.255 e. The van der Waals surface area contributed by atoms with Crippen LogP contribution in [0.5, 0.6) is 11.5 Å². The van der Waals surface area contributed by atoms with E-state index >= 15 is 0 Å². The van der Waals surface area contributed by atoms with Crippen LogP contribution in [-0.4, -0.2) is 44.3 Å². The number of amides is 1. The Hall–Kier alpha value is -4.27. The minimum absolute atomic E-state index is 0.0480. The molecule has 0 spiro atoms. The summed E-state index contributed by atoms with van der Waals surface area (Å²) in [6, 6.07) is 20.7. The van der Waals surface area contributed by atoms with Crippen molar-refractivity contribution in [3.63, 3.8) is 0 Å². The van der Waals surface area contributed by atoms with Gasteiger partial charge in [0.05, 0.1) is 0 Å². The number of benzene rings is 4. The van der Waals surface area contributed by atoms with Gasteiger partial charge in [-0.1, -0.05) is 29.8 Å². The van der Waals surface area contributed by atoms with Crippen LogP contribution in [0, 0.1) is 25.5 Å². The Kier molecular flexibility index (Phi) is 8.40. The predicted molar refractivity (Wildman–Crippen MR) is 165 cm³/mol. The van der Waals surface area contributed by atoms with Crippen molar-refractivity contribution < 1.29 is 23.0 Å². The molecule has 0 unspecified atom stereocenters. The maximum absolute atomic E-state index is 14.2. The second kappa shape index (κ2) is 12.5. The van der Waals surface area contributed by atoms with Crippen molar-refractivity contribution in [2.24, 2.45) is 0 Å². The smallest absolute Gasteiger partial charge is 0.255 e. The first kappa shape index (κ1) is 28.8. The lowest BCUT2D eigenvalue weighted by molar-refractivity contribution is 0.102. The summed E-state index contributed by atoms with van der Waals surface area (Å²) in [6.45, 7) is 7.38. The molecular weight excluding hydrogens is 548 g/mol. The molecule has 2 fully saturated rings. The summed E-state index contributed by atoms with van der Waals surface area (Å²) >= 11 is 0. The lowest BCUT2D eigenvalue weighted by Gasteiger charge is -2.19. The van der Waals surface area contributed by atoms with E-state index in [1.54, 1.807) is 18.2 Å². The molecule has 6 nitrogen and oxygen atoms in total. The Bertz CT molecular complexity index is 1650. The lowest BCUT2D eigenvalue weighted by atomic mass is 9.97. The molecule has 1 amide bonds. The molecule has 0 radical (unpaired) electrons. The number of carbonyl (C=O) groups is 1. The molecule has 2 aliphatic heterocycles. The largest absolute Gasteiger partial charge is 0.488 e. The topological polar surface area (TPSA) is 71.6 Å². The van der Waals surface area contributed by atoms with Gasteiger partial charge in [-0.25, -0.2) is 8.78 Å². The van der Waals surface area contributed by atoms with Gasteiger partial charge in [-0.15, -0.1) is 0 Å². The molecule has 8 heteroatoms. The van der Waals surface area contributed by atoms with Crippen LogP contribution in [0.1, 0.15) is 34.3 Å². The molecule has 0 bridgehead atoms. The zero-order valence-corrected chi connectivity index (χ0v) is 24.3. The van der Waals surface area contributed by atoms with Crippen LogP contribution < -0.4 is 25.4 Å². The van der Waals surface area contributed by atoms with Crippen LogP contribution in [-0.2, 0) is 0 Å². The lowest BCUT2D eigenvalue weighted by Crippen LogP contribution is -2.20. The first-order chi connectivity index (χ1) is 20.8. The highest BCUT2D eigenvalue weighted by Crippen LogP contribution is 2.37. The molecule has 0 aromatic heterocycles. The third-order valence-electron chi connectivity index (χ3n) is 8.00. The van der Waals surface area contributed by atoms with Gasteiger partial charge in [-0.05, 0) is 105 Å². The van der Waals surface area contributed by atoms with Crippen LogP contribution in [0.4, 0.5) is 14.5 Å². The number of hydrogen-bond acceptors (Lipinski definition) is 5. The first-order valence-corrected chi connectivity index (χ1v) is 14.7. The normalized spacial score (nSPS) is 18.0. The van der Waals surface area contributed by atoms with Crippen LogP contribution in [0.2, 0.25) is 0 Å². The second-order valence-electron chi connectivity index (χ2n) is 11.3. The molecule has 2 saturated heterocycles. The Morgan fingerprint density at radius 3 is 2.09 bits per heavy atom. The van der Waals surface area contributed by atoms with E-state index in [1.165, 1.54) is 11.6 Å². The number of hydrogen-bond donors (Lipinski definition) is 3. The molecule has 4 aromatic rings. The molecule has 222 valence electrons. The summed E-state index contributed by atoms with van der Waals surface area (Å²) in [6.07, 6.45) is 1.80. The summed E-state index contributed by atoms with van der Waals surface area (Å²) in [5.74, 6) is -0.955. The minimum Gasteiger partial charge on any atom is -0.488 e. The first-order valence-electron chi connectivity index (χ1n) is 14.7. The molecule has 2 aliphatic rings. The molecule has 2 heterocycles. The second-order valence-corrected chi connectivity index (χ2v) is 11.3. The Morgan fingerprint density at radius 1 is 0.744 bits per heavy atom. The monoisotopic (exact) mass is 583 g/mol. The zero-order valence-electron chi connectivity index (χ0n) is 24.3. The molecule has 0 saturated carbocycles. The van der Waals surface area contributed by atoms with Gasteiger partial charge in [-0.2, -0.15) is 0 Å². The third-order valence-corrected chi connectivity index (χ3v) is 8.00. The highest BCUT2D eigenvalue weighted by molar-refractivity contribution is 6.05. The number of aryl methyl sites for hydroxylation is 2. The average Bonchev–Trinajstić information content (AvgIpc) is 3.70. The van der Waals surface area contributed by atoms with Gasteiger partial charge in [0.2, 0.25) is 0 Å². The van der Waals surface area contributed by atoms with Crippen LogP contribution in [0.25, 0.3) is 22.3 Å². The molecule has 43 heavy (non-hydrogen) atoms. The van der Waals surface area contributed by atoms with Crippen molar-refractivity contribution in [1.29, 1.82) is 0 Å². The summed E-state index contributed by atoms with van der Waals surface area (Å²) in [5.41, 5.74) is 6.14. The SMILES string of the molecule is Cc1ccc(-c2cc(NC(=O)c3ccc(O[C@H]4CCNC4)c(-c4ccc(F)c(F)c4)c3)ccc2O[C@H]2CCNC2)c(C)c1. The van der Waals surface area contributed by atoms with E-state index < -0.39 is 11.6 Å². The number of carbonyl (C=O) groups excluding carboxylic acids is 1. The van der Waals surface area contributed by atoms with E-state index in [1.807, 2.05) is 18.2 Å². The highest BCUT2D eigenvalue weighted by atomic mass is 19.2. The van der Waals surface area contributed by atoms with Gasteiger partial charge < -0.3 is 25.4 Å². The van der Waals surface area contributed by atoms with E-state index in [0.717, 1.165) is 67.0 Å². The third kappa shape index (κ3) is 6.55. The minimum atomic E-state index is -0.963. The van der Waals surface area contributed by atoms with Gasteiger partial charge in [0.15, 0.2) is 11.6 Å². The summed E-state index contributed by atoms with van der Waals surface area (Å²) in [5, 5.41) is 9.62. The van der Waals surface area contributed by atoms with E-state index in [2.05, 4.69) is 48.0 Å². The molecular formula is C35H35F2N3O3. The Balaban J connectivity index is 1.31. The van der Waals surface area contributed by atoms with E-state index in [9.17, 15) is 13.6 Å². The number of ether oxygens (including phenoxy) is 2.